The van der Waals surface area contributed by atoms with Crippen molar-refractivity contribution in [3.63, 3.8) is 0 Å². The Balaban J connectivity index is 1.63. The first kappa shape index (κ1) is 23.1. The lowest BCUT2D eigenvalue weighted by molar-refractivity contribution is -0.111. The van der Waals surface area contributed by atoms with Crippen LogP contribution in [0.25, 0.3) is 6.08 Å². The van der Waals surface area contributed by atoms with Gasteiger partial charge in [-0.25, -0.2) is 0 Å². The third kappa shape index (κ3) is 6.43. The number of amides is 2. The van der Waals surface area contributed by atoms with Gasteiger partial charge in [0, 0.05) is 38.1 Å². The van der Waals surface area contributed by atoms with Crippen LogP contribution in [0.15, 0.2) is 75.7 Å². The minimum absolute atomic E-state index is 0.267. The summed E-state index contributed by atoms with van der Waals surface area (Å²) in [4.78, 5) is 24.6. The molecule has 0 bridgehead atoms. The Bertz CT molecular complexity index is 1150. The summed E-state index contributed by atoms with van der Waals surface area (Å²) in [6.45, 7) is 0. The monoisotopic (exact) mass is 562 g/mol. The molecule has 0 atom stereocenters. The molecule has 3 aromatic carbocycles. The van der Waals surface area contributed by atoms with E-state index in [0.29, 0.717) is 27.7 Å². The smallest absolute Gasteiger partial charge is 0.255 e. The summed E-state index contributed by atoms with van der Waals surface area (Å²) in [5, 5.41) is 6.06. The Morgan fingerprint density at radius 2 is 1.65 bits per heavy atom. The van der Waals surface area contributed by atoms with Gasteiger partial charge in [0.15, 0.2) is 0 Å². The second-order valence-electron chi connectivity index (χ2n) is 6.37. The van der Waals surface area contributed by atoms with Crippen LogP contribution in [0.4, 0.5) is 11.4 Å². The molecule has 0 spiro atoms. The third-order valence-electron chi connectivity index (χ3n) is 4.15. The van der Waals surface area contributed by atoms with E-state index in [1.54, 1.807) is 61.7 Å². The summed E-state index contributed by atoms with van der Waals surface area (Å²) in [5.41, 5.74) is 2.41. The number of hydrogen-bond acceptors (Lipinski definition) is 3. The van der Waals surface area contributed by atoms with E-state index in [0.717, 1.165) is 14.5 Å². The maximum absolute atomic E-state index is 12.3. The van der Waals surface area contributed by atoms with E-state index in [2.05, 4.69) is 42.5 Å². The van der Waals surface area contributed by atoms with Crippen LogP contribution in [0.3, 0.4) is 0 Å². The molecule has 2 amide bonds. The van der Waals surface area contributed by atoms with Gasteiger partial charge in [0.05, 0.1) is 11.6 Å². The van der Waals surface area contributed by atoms with Crippen LogP contribution in [0.2, 0.25) is 5.02 Å². The van der Waals surface area contributed by atoms with Gasteiger partial charge in [-0.15, -0.1) is 0 Å². The van der Waals surface area contributed by atoms with Crippen molar-refractivity contribution in [2.24, 2.45) is 0 Å². The summed E-state index contributed by atoms with van der Waals surface area (Å²) in [6, 6.07) is 17.2. The normalized spacial score (nSPS) is 10.7. The van der Waals surface area contributed by atoms with Gasteiger partial charge in [-0.05, 0) is 76.6 Å². The number of carbonyl (C=O) groups excluding carboxylic acids is 2. The first-order valence-corrected chi connectivity index (χ1v) is 11.0. The molecule has 8 heteroatoms. The van der Waals surface area contributed by atoms with Gasteiger partial charge in [0.2, 0.25) is 5.91 Å². The van der Waals surface area contributed by atoms with Gasteiger partial charge < -0.3 is 15.4 Å². The highest BCUT2D eigenvalue weighted by molar-refractivity contribution is 9.11. The number of anilines is 2. The van der Waals surface area contributed by atoms with E-state index in [-0.39, 0.29) is 11.8 Å². The van der Waals surface area contributed by atoms with E-state index in [4.69, 9.17) is 16.3 Å². The summed E-state index contributed by atoms with van der Waals surface area (Å²) >= 11 is 12.8. The molecule has 0 aliphatic carbocycles. The number of ether oxygens (including phenoxy) is 1. The maximum Gasteiger partial charge on any atom is 0.255 e. The Morgan fingerprint density at radius 1 is 0.968 bits per heavy atom. The minimum Gasteiger partial charge on any atom is -0.495 e. The fourth-order valence-corrected chi connectivity index (χ4v) is 4.35. The number of methoxy groups -OCH3 is 1. The van der Waals surface area contributed by atoms with Crippen LogP contribution in [0, 0.1) is 0 Å². The van der Waals surface area contributed by atoms with E-state index in [1.165, 1.54) is 6.08 Å². The van der Waals surface area contributed by atoms with E-state index in [1.807, 2.05) is 12.1 Å². The van der Waals surface area contributed by atoms with Crippen LogP contribution in [-0.4, -0.2) is 18.9 Å². The van der Waals surface area contributed by atoms with Crippen molar-refractivity contribution < 1.29 is 14.3 Å². The van der Waals surface area contributed by atoms with E-state index >= 15 is 0 Å². The lowest BCUT2D eigenvalue weighted by Crippen LogP contribution is -2.12. The molecular formula is C23H17Br2ClN2O3. The van der Waals surface area contributed by atoms with Crippen molar-refractivity contribution in [1.29, 1.82) is 0 Å². The molecule has 158 valence electrons. The Hall–Kier alpha value is -2.61. The highest BCUT2D eigenvalue weighted by atomic mass is 79.9. The summed E-state index contributed by atoms with van der Waals surface area (Å²) in [7, 11) is 1.57. The molecule has 0 aliphatic heterocycles. The van der Waals surface area contributed by atoms with Gasteiger partial charge >= 0.3 is 0 Å². The second kappa shape index (κ2) is 10.6. The zero-order chi connectivity index (χ0) is 22.4. The fraction of sp³-hybridized carbons (Fsp3) is 0.0435. The van der Waals surface area contributed by atoms with Gasteiger partial charge in [-0.3, -0.25) is 9.59 Å². The Morgan fingerprint density at radius 3 is 2.29 bits per heavy atom. The number of halogens is 3. The average Bonchev–Trinajstić information content (AvgIpc) is 2.73. The highest BCUT2D eigenvalue weighted by Gasteiger charge is 2.09. The third-order valence-corrected chi connectivity index (χ3v) is 5.43. The number of benzene rings is 3. The molecule has 0 aliphatic rings. The van der Waals surface area contributed by atoms with Crippen LogP contribution in [0.1, 0.15) is 15.9 Å². The number of carbonyl (C=O) groups is 2. The largest absolute Gasteiger partial charge is 0.495 e. The quantitative estimate of drug-likeness (QED) is 0.325. The van der Waals surface area contributed by atoms with Crippen molar-refractivity contribution in [3.05, 3.63) is 91.8 Å². The molecule has 0 heterocycles. The molecule has 0 aromatic heterocycles. The van der Waals surface area contributed by atoms with Crippen molar-refractivity contribution in [2.45, 2.75) is 0 Å². The number of hydrogen-bond donors (Lipinski definition) is 2. The number of rotatable bonds is 6. The first-order valence-electron chi connectivity index (χ1n) is 9.05. The molecule has 3 aromatic rings. The Kier molecular flexibility index (Phi) is 7.90. The van der Waals surface area contributed by atoms with Gasteiger partial charge in [-0.1, -0.05) is 33.6 Å². The van der Waals surface area contributed by atoms with Crippen molar-refractivity contribution in [1.82, 2.24) is 0 Å². The molecule has 0 fully saturated rings. The van der Waals surface area contributed by atoms with Gasteiger partial charge in [0.25, 0.3) is 5.91 Å². The summed E-state index contributed by atoms with van der Waals surface area (Å²) in [5.74, 6) is 0.0669. The second-order valence-corrected chi connectivity index (χ2v) is 8.58. The maximum atomic E-state index is 12.3. The molecule has 0 radical (unpaired) electrons. The van der Waals surface area contributed by atoms with Crippen molar-refractivity contribution >= 4 is 72.7 Å². The standard InChI is InChI=1S/C23H17Br2ClN2O3/c1-31-22-14(11-16(24)13-20(22)25)5-10-21(29)27-18-6-8-19(9-7-18)28-23(30)15-3-2-4-17(26)12-15/h2-13H,1H3,(H,27,29)(H,28,30)/b10-5+. The molecule has 0 unspecified atom stereocenters. The molecule has 31 heavy (non-hydrogen) atoms. The molecule has 2 N–H and O–H groups in total. The zero-order valence-electron chi connectivity index (χ0n) is 16.3. The SMILES string of the molecule is COc1c(Br)cc(Br)cc1/C=C/C(=O)Nc1ccc(NC(=O)c2cccc(Cl)c2)cc1. The van der Waals surface area contributed by atoms with Gasteiger partial charge in [0.1, 0.15) is 5.75 Å². The lowest BCUT2D eigenvalue weighted by atomic mass is 10.2. The van der Waals surface area contributed by atoms with Crippen LogP contribution in [0.5, 0.6) is 5.75 Å². The van der Waals surface area contributed by atoms with E-state index < -0.39 is 0 Å². The molecule has 0 saturated carbocycles. The van der Waals surface area contributed by atoms with Gasteiger partial charge in [-0.2, -0.15) is 0 Å². The molecule has 5 nitrogen and oxygen atoms in total. The molecule has 3 rings (SSSR count). The first-order chi connectivity index (χ1) is 14.9. The van der Waals surface area contributed by atoms with Crippen LogP contribution >= 0.6 is 43.5 Å². The zero-order valence-corrected chi connectivity index (χ0v) is 20.2. The molecule has 0 saturated heterocycles. The predicted molar refractivity (Wildman–Crippen MR) is 132 cm³/mol. The van der Waals surface area contributed by atoms with Crippen molar-refractivity contribution in [2.75, 3.05) is 17.7 Å². The number of nitrogens with one attached hydrogen (secondary N) is 2. The molecular weight excluding hydrogens is 548 g/mol. The fourth-order valence-electron chi connectivity index (χ4n) is 2.74. The highest BCUT2D eigenvalue weighted by Crippen LogP contribution is 2.33. The summed E-state index contributed by atoms with van der Waals surface area (Å²) < 4.78 is 7.01. The minimum atomic E-state index is -0.297. The summed E-state index contributed by atoms with van der Waals surface area (Å²) in [6.07, 6.45) is 3.09. The van der Waals surface area contributed by atoms with Crippen molar-refractivity contribution in [3.8, 4) is 5.75 Å². The lowest BCUT2D eigenvalue weighted by Gasteiger charge is -2.09. The van der Waals surface area contributed by atoms with Crippen LogP contribution in [-0.2, 0) is 4.79 Å². The topological polar surface area (TPSA) is 67.4 Å². The average molecular weight is 565 g/mol. The van der Waals surface area contributed by atoms with E-state index in [9.17, 15) is 9.59 Å². The Labute approximate surface area is 201 Å². The van der Waals surface area contributed by atoms with Crippen LogP contribution < -0.4 is 15.4 Å². The predicted octanol–water partition coefficient (Wildman–Crippen LogP) is 6.78.